The van der Waals surface area contributed by atoms with Crippen LogP contribution in [0.25, 0.3) is 0 Å². The lowest BCUT2D eigenvalue weighted by Gasteiger charge is -2.36. The van der Waals surface area contributed by atoms with E-state index in [2.05, 4.69) is 101 Å². The zero-order chi connectivity index (χ0) is 20.1. The molecular formula is C25H23BrN2O. The zero-order valence-electron chi connectivity index (χ0n) is 16.3. The van der Waals surface area contributed by atoms with Crippen LogP contribution in [0.5, 0.6) is 0 Å². The molecule has 1 heterocycles. The molecule has 3 nitrogen and oxygen atoms in total. The van der Waals surface area contributed by atoms with Gasteiger partial charge in [0.05, 0.1) is 23.3 Å². The SMILES string of the molecule is CC(COC(c1ccccc1)(c1ccccc1)c1ccccc1)n1cc(Br)cn1. The molecule has 0 aliphatic rings. The average molecular weight is 447 g/mol. The fourth-order valence-electron chi connectivity index (χ4n) is 3.65. The Morgan fingerprint density at radius 3 is 1.66 bits per heavy atom. The van der Waals surface area contributed by atoms with Gasteiger partial charge in [-0.05, 0) is 39.5 Å². The van der Waals surface area contributed by atoms with Crippen molar-refractivity contribution in [3.05, 3.63) is 125 Å². The maximum atomic E-state index is 6.84. The Labute approximate surface area is 180 Å². The van der Waals surface area contributed by atoms with E-state index >= 15 is 0 Å². The van der Waals surface area contributed by atoms with Gasteiger partial charge in [-0.2, -0.15) is 5.10 Å². The lowest BCUT2D eigenvalue weighted by Crippen LogP contribution is -2.34. The molecule has 0 spiro atoms. The third-order valence-electron chi connectivity index (χ3n) is 5.10. The van der Waals surface area contributed by atoms with Crippen LogP contribution in [0.3, 0.4) is 0 Å². The third-order valence-corrected chi connectivity index (χ3v) is 5.51. The highest BCUT2D eigenvalue weighted by Crippen LogP contribution is 2.40. The molecule has 0 bridgehead atoms. The molecule has 1 unspecified atom stereocenters. The quantitative estimate of drug-likeness (QED) is 0.315. The van der Waals surface area contributed by atoms with Crippen molar-refractivity contribution in [1.82, 2.24) is 9.78 Å². The molecule has 0 fully saturated rings. The maximum Gasteiger partial charge on any atom is 0.143 e. The number of benzene rings is 3. The van der Waals surface area contributed by atoms with Crippen molar-refractivity contribution in [3.8, 4) is 0 Å². The summed E-state index contributed by atoms with van der Waals surface area (Å²) in [4.78, 5) is 0. The summed E-state index contributed by atoms with van der Waals surface area (Å²) in [6.07, 6.45) is 3.78. The topological polar surface area (TPSA) is 27.1 Å². The molecule has 29 heavy (non-hydrogen) atoms. The molecule has 0 aliphatic heterocycles. The van der Waals surface area contributed by atoms with Gasteiger partial charge < -0.3 is 4.74 Å². The summed E-state index contributed by atoms with van der Waals surface area (Å²) in [5.74, 6) is 0. The molecular weight excluding hydrogens is 424 g/mol. The molecule has 0 aliphatic carbocycles. The van der Waals surface area contributed by atoms with Crippen LogP contribution >= 0.6 is 15.9 Å². The van der Waals surface area contributed by atoms with Crippen LogP contribution in [0.1, 0.15) is 29.7 Å². The van der Waals surface area contributed by atoms with Crippen LogP contribution in [-0.2, 0) is 10.3 Å². The standard InChI is InChI=1S/C25H23BrN2O/c1-20(28-18-24(26)17-27-28)19-29-25(21-11-5-2-6-12-21,22-13-7-3-8-14-22)23-15-9-4-10-16-23/h2-18,20H,19H2,1H3. The van der Waals surface area contributed by atoms with Crippen LogP contribution in [0, 0.1) is 0 Å². The van der Waals surface area contributed by atoms with Gasteiger partial charge in [-0.3, -0.25) is 4.68 Å². The van der Waals surface area contributed by atoms with Gasteiger partial charge in [0.2, 0.25) is 0 Å². The van der Waals surface area contributed by atoms with Crippen LogP contribution in [0.2, 0.25) is 0 Å². The number of hydrogen-bond donors (Lipinski definition) is 0. The van der Waals surface area contributed by atoms with Gasteiger partial charge in [-0.25, -0.2) is 0 Å². The Kier molecular flexibility index (Phi) is 5.93. The van der Waals surface area contributed by atoms with Gasteiger partial charge >= 0.3 is 0 Å². The van der Waals surface area contributed by atoms with E-state index in [0.717, 1.165) is 21.2 Å². The number of hydrogen-bond acceptors (Lipinski definition) is 2. The number of nitrogens with zero attached hydrogens (tertiary/aromatic N) is 2. The minimum atomic E-state index is -0.706. The Bertz CT molecular complexity index is 935. The first-order valence-electron chi connectivity index (χ1n) is 9.70. The van der Waals surface area contributed by atoms with Gasteiger partial charge in [0, 0.05) is 6.20 Å². The van der Waals surface area contributed by atoms with Gasteiger partial charge in [-0.1, -0.05) is 91.0 Å². The van der Waals surface area contributed by atoms with Crippen molar-refractivity contribution in [1.29, 1.82) is 0 Å². The molecule has 3 aromatic carbocycles. The van der Waals surface area contributed by atoms with E-state index in [1.807, 2.05) is 29.1 Å². The molecule has 146 valence electrons. The summed E-state index contributed by atoms with van der Waals surface area (Å²) < 4.78 is 9.73. The third kappa shape index (κ3) is 4.04. The predicted molar refractivity (Wildman–Crippen MR) is 120 cm³/mol. The second-order valence-corrected chi connectivity index (χ2v) is 7.99. The Balaban J connectivity index is 1.81. The summed E-state index contributed by atoms with van der Waals surface area (Å²) >= 11 is 3.48. The van der Waals surface area contributed by atoms with Crippen LogP contribution in [0.15, 0.2) is 108 Å². The Morgan fingerprint density at radius 1 is 0.828 bits per heavy atom. The van der Waals surface area contributed by atoms with Crippen molar-refractivity contribution in [2.45, 2.75) is 18.6 Å². The monoisotopic (exact) mass is 446 g/mol. The molecule has 0 radical (unpaired) electrons. The van der Waals surface area contributed by atoms with E-state index in [-0.39, 0.29) is 6.04 Å². The highest BCUT2D eigenvalue weighted by Gasteiger charge is 2.37. The van der Waals surface area contributed by atoms with E-state index in [4.69, 9.17) is 4.74 Å². The molecule has 1 atom stereocenters. The smallest absolute Gasteiger partial charge is 0.143 e. The first kappa shape index (κ1) is 19.6. The van der Waals surface area contributed by atoms with E-state index in [0.29, 0.717) is 6.61 Å². The first-order valence-corrected chi connectivity index (χ1v) is 10.5. The van der Waals surface area contributed by atoms with Crippen molar-refractivity contribution in [3.63, 3.8) is 0 Å². The largest absolute Gasteiger partial charge is 0.359 e. The minimum Gasteiger partial charge on any atom is -0.359 e. The number of aromatic nitrogens is 2. The molecule has 0 N–H and O–H groups in total. The molecule has 1 aromatic heterocycles. The van der Waals surface area contributed by atoms with Crippen molar-refractivity contribution in [2.24, 2.45) is 0 Å². The second-order valence-electron chi connectivity index (χ2n) is 7.08. The lowest BCUT2D eigenvalue weighted by molar-refractivity contribution is -0.00458. The van der Waals surface area contributed by atoms with Crippen LogP contribution in [0.4, 0.5) is 0 Å². The molecule has 4 heteroatoms. The van der Waals surface area contributed by atoms with E-state index < -0.39 is 5.60 Å². The van der Waals surface area contributed by atoms with Crippen molar-refractivity contribution < 1.29 is 4.74 Å². The number of halogens is 1. The van der Waals surface area contributed by atoms with Gasteiger partial charge in [0.1, 0.15) is 5.60 Å². The second kappa shape index (κ2) is 8.76. The van der Waals surface area contributed by atoms with Gasteiger partial charge in [0.15, 0.2) is 0 Å². The van der Waals surface area contributed by atoms with E-state index in [1.165, 1.54) is 0 Å². The van der Waals surface area contributed by atoms with Crippen molar-refractivity contribution >= 4 is 15.9 Å². The number of ether oxygens (including phenoxy) is 1. The minimum absolute atomic E-state index is 0.0804. The summed E-state index contributed by atoms with van der Waals surface area (Å²) in [5.41, 5.74) is 2.60. The fraction of sp³-hybridized carbons (Fsp3) is 0.160. The Hall–Kier alpha value is -2.69. The summed E-state index contributed by atoms with van der Waals surface area (Å²) in [6.45, 7) is 2.62. The van der Waals surface area contributed by atoms with Gasteiger partial charge in [-0.15, -0.1) is 0 Å². The summed E-state index contributed by atoms with van der Waals surface area (Å²) in [6, 6.07) is 31.4. The lowest BCUT2D eigenvalue weighted by atomic mass is 9.80. The summed E-state index contributed by atoms with van der Waals surface area (Å²) in [7, 11) is 0. The van der Waals surface area contributed by atoms with E-state index in [1.54, 1.807) is 6.20 Å². The predicted octanol–water partition coefficient (Wildman–Crippen LogP) is 6.22. The number of rotatable bonds is 7. The summed E-state index contributed by atoms with van der Waals surface area (Å²) in [5, 5.41) is 4.42. The highest BCUT2D eigenvalue weighted by atomic mass is 79.9. The highest BCUT2D eigenvalue weighted by molar-refractivity contribution is 9.10. The van der Waals surface area contributed by atoms with Gasteiger partial charge in [0.25, 0.3) is 0 Å². The molecule has 0 saturated heterocycles. The fourth-order valence-corrected chi connectivity index (χ4v) is 3.95. The van der Waals surface area contributed by atoms with Crippen molar-refractivity contribution in [2.75, 3.05) is 6.61 Å². The average Bonchev–Trinajstić information content (AvgIpc) is 3.23. The Morgan fingerprint density at radius 2 is 1.28 bits per heavy atom. The zero-order valence-corrected chi connectivity index (χ0v) is 17.9. The van der Waals surface area contributed by atoms with Crippen LogP contribution in [-0.4, -0.2) is 16.4 Å². The maximum absolute atomic E-state index is 6.84. The normalized spacial score (nSPS) is 12.6. The molecule has 4 rings (SSSR count). The van der Waals surface area contributed by atoms with E-state index in [9.17, 15) is 0 Å². The first-order chi connectivity index (χ1) is 14.2. The molecule has 4 aromatic rings. The molecule has 0 saturated carbocycles. The van der Waals surface area contributed by atoms with Crippen LogP contribution < -0.4 is 0 Å². The molecule has 0 amide bonds.